The molecule has 3 aliphatic rings. The Balaban J connectivity index is 1.38. The normalized spacial score (nSPS) is 31.0. The van der Waals surface area contributed by atoms with Crippen molar-refractivity contribution in [1.29, 1.82) is 0 Å². The van der Waals surface area contributed by atoms with E-state index in [0.717, 1.165) is 45.8 Å². The third kappa shape index (κ3) is 3.33. The van der Waals surface area contributed by atoms with E-state index >= 15 is 0 Å². The van der Waals surface area contributed by atoms with Crippen LogP contribution in [0, 0.1) is 11.3 Å². The molecule has 2 atom stereocenters. The molecule has 5 heteroatoms. The molecule has 24 heavy (non-hydrogen) atoms. The quantitative estimate of drug-likeness (QED) is 0.851. The van der Waals surface area contributed by atoms with Gasteiger partial charge in [-0.3, -0.25) is 9.78 Å². The van der Waals surface area contributed by atoms with Gasteiger partial charge in [-0.1, -0.05) is 0 Å². The monoisotopic (exact) mass is 329 g/mol. The SMILES string of the molecule is O=C(c1cccnc1)N1CCC[C@]2(CCN(C[C@H]3CCOC3)C2)C1. The maximum atomic E-state index is 12.8. The summed E-state index contributed by atoms with van der Waals surface area (Å²) in [5.74, 6) is 0.849. The van der Waals surface area contributed by atoms with Crippen molar-refractivity contribution in [2.75, 3.05) is 45.9 Å². The van der Waals surface area contributed by atoms with Crippen molar-refractivity contribution in [3.63, 3.8) is 0 Å². The first-order valence-corrected chi connectivity index (χ1v) is 9.24. The number of likely N-dealkylation sites (tertiary alicyclic amines) is 2. The van der Waals surface area contributed by atoms with Crippen LogP contribution in [0.5, 0.6) is 0 Å². The highest BCUT2D eigenvalue weighted by atomic mass is 16.5. The van der Waals surface area contributed by atoms with Gasteiger partial charge in [-0.25, -0.2) is 0 Å². The first kappa shape index (κ1) is 16.0. The van der Waals surface area contributed by atoms with E-state index in [1.165, 1.54) is 25.8 Å². The second kappa shape index (κ2) is 6.81. The van der Waals surface area contributed by atoms with Crippen molar-refractivity contribution in [2.24, 2.45) is 11.3 Å². The molecule has 130 valence electrons. The lowest BCUT2D eigenvalue weighted by atomic mass is 9.79. The molecule has 5 nitrogen and oxygen atoms in total. The smallest absolute Gasteiger partial charge is 0.255 e. The van der Waals surface area contributed by atoms with Gasteiger partial charge in [0.25, 0.3) is 5.91 Å². The van der Waals surface area contributed by atoms with Gasteiger partial charge in [0.2, 0.25) is 0 Å². The second-order valence-electron chi connectivity index (χ2n) is 7.79. The van der Waals surface area contributed by atoms with Crippen molar-refractivity contribution < 1.29 is 9.53 Å². The standard InChI is InChI=1S/C19H27N3O2/c23-18(17-3-1-7-20-11-17)22-8-2-5-19(15-22)6-9-21(14-19)12-16-4-10-24-13-16/h1,3,7,11,16H,2,4-6,8-10,12-15H2/t16-,19-/m1/s1. The molecule has 3 fully saturated rings. The van der Waals surface area contributed by atoms with Crippen LogP contribution in [0.1, 0.15) is 36.0 Å². The van der Waals surface area contributed by atoms with Gasteiger partial charge in [-0.2, -0.15) is 0 Å². The van der Waals surface area contributed by atoms with Gasteiger partial charge < -0.3 is 14.5 Å². The summed E-state index contributed by atoms with van der Waals surface area (Å²) in [4.78, 5) is 21.5. The Morgan fingerprint density at radius 1 is 1.33 bits per heavy atom. The number of carbonyl (C=O) groups excluding carboxylic acids is 1. The zero-order valence-electron chi connectivity index (χ0n) is 14.3. The molecule has 0 unspecified atom stereocenters. The number of hydrogen-bond acceptors (Lipinski definition) is 4. The predicted octanol–water partition coefficient (Wildman–Crippen LogP) is 2.05. The Morgan fingerprint density at radius 2 is 2.29 bits per heavy atom. The zero-order valence-corrected chi connectivity index (χ0v) is 14.3. The van der Waals surface area contributed by atoms with Gasteiger partial charge in [0.1, 0.15) is 0 Å². The van der Waals surface area contributed by atoms with E-state index in [4.69, 9.17) is 4.74 Å². The summed E-state index contributed by atoms with van der Waals surface area (Å²) in [6, 6.07) is 3.71. The van der Waals surface area contributed by atoms with E-state index in [2.05, 4.69) is 14.8 Å². The maximum Gasteiger partial charge on any atom is 0.255 e. The Bertz CT molecular complexity index is 573. The molecule has 0 aromatic carbocycles. The van der Waals surface area contributed by atoms with Gasteiger partial charge in [-0.05, 0) is 50.3 Å². The Morgan fingerprint density at radius 3 is 3.08 bits per heavy atom. The average Bonchev–Trinajstić information content (AvgIpc) is 3.26. The van der Waals surface area contributed by atoms with Crippen molar-refractivity contribution >= 4 is 5.91 Å². The fraction of sp³-hybridized carbons (Fsp3) is 0.684. The summed E-state index contributed by atoms with van der Waals surface area (Å²) in [6.07, 6.45) is 8.20. The second-order valence-corrected chi connectivity index (χ2v) is 7.79. The van der Waals surface area contributed by atoms with Gasteiger partial charge in [0.05, 0.1) is 12.2 Å². The minimum absolute atomic E-state index is 0.143. The van der Waals surface area contributed by atoms with E-state index < -0.39 is 0 Å². The summed E-state index contributed by atoms with van der Waals surface area (Å²) in [6.45, 7) is 7.11. The van der Waals surface area contributed by atoms with Crippen molar-refractivity contribution in [3.8, 4) is 0 Å². The highest BCUT2D eigenvalue weighted by Gasteiger charge is 2.42. The van der Waals surface area contributed by atoms with Crippen LogP contribution in [0.4, 0.5) is 0 Å². The van der Waals surface area contributed by atoms with Crippen molar-refractivity contribution in [3.05, 3.63) is 30.1 Å². The summed E-state index contributed by atoms with van der Waals surface area (Å²) < 4.78 is 5.52. The first-order valence-electron chi connectivity index (χ1n) is 9.24. The number of piperidine rings is 1. The van der Waals surface area contributed by atoms with Crippen LogP contribution in [0.25, 0.3) is 0 Å². The topological polar surface area (TPSA) is 45.7 Å². The molecule has 0 aliphatic carbocycles. The van der Waals surface area contributed by atoms with Gasteiger partial charge in [0, 0.05) is 50.6 Å². The van der Waals surface area contributed by atoms with E-state index in [1.807, 2.05) is 12.1 Å². The molecule has 1 spiro atoms. The molecular formula is C19H27N3O2. The lowest BCUT2D eigenvalue weighted by Crippen LogP contribution is -2.47. The number of hydrogen-bond donors (Lipinski definition) is 0. The average molecular weight is 329 g/mol. The van der Waals surface area contributed by atoms with Crippen LogP contribution >= 0.6 is 0 Å². The number of pyridine rings is 1. The van der Waals surface area contributed by atoms with E-state index in [9.17, 15) is 4.79 Å². The number of nitrogens with zero attached hydrogens (tertiary/aromatic N) is 3. The molecule has 0 saturated carbocycles. The van der Waals surface area contributed by atoms with Crippen LogP contribution in [0.3, 0.4) is 0 Å². The molecule has 1 aromatic heterocycles. The van der Waals surface area contributed by atoms with E-state index in [-0.39, 0.29) is 5.91 Å². The Labute approximate surface area is 144 Å². The highest BCUT2D eigenvalue weighted by molar-refractivity contribution is 5.94. The van der Waals surface area contributed by atoms with Gasteiger partial charge in [-0.15, -0.1) is 0 Å². The minimum Gasteiger partial charge on any atom is -0.381 e. The number of ether oxygens (including phenoxy) is 1. The third-order valence-corrected chi connectivity index (χ3v) is 5.91. The molecular weight excluding hydrogens is 302 g/mol. The van der Waals surface area contributed by atoms with E-state index in [1.54, 1.807) is 12.4 Å². The molecule has 4 heterocycles. The Hall–Kier alpha value is -1.46. The Kier molecular flexibility index (Phi) is 4.55. The molecule has 0 N–H and O–H groups in total. The number of aromatic nitrogens is 1. The van der Waals surface area contributed by atoms with E-state index in [0.29, 0.717) is 16.9 Å². The highest BCUT2D eigenvalue weighted by Crippen LogP contribution is 2.39. The van der Waals surface area contributed by atoms with Crippen molar-refractivity contribution in [1.82, 2.24) is 14.8 Å². The molecule has 4 rings (SSSR count). The van der Waals surface area contributed by atoms with Crippen LogP contribution in [0.2, 0.25) is 0 Å². The molecule has 0 bridgehead atoms. The number of carbonyl (C=O) groups is 1. The lowest BCUT2D eigenvalue weighted by molar-refractivity contribution is 0.0523. The summed E-state index contributed by atoms with van der Waals surface area (Å²) in [7, 11) is 0. The summed E-state index contributed by atoms with van der Waals surface area (Å²) >= 11 is 0. The van der Waals surface area contributed by atoms with Crippen LogP contribution in [-0.4, -0.2) is 66.6 Å². The number of rotatable bonds is 3. The molecule has 3 saturated heterocycles. The van der Waals surface area contributed by atoms with Gasteiger partial charge in [0.15, 0.2) is 0 Å². The van der Waals surface area contributed by atoms with Crippen LogP contribution < -0.4 is 0 Å². The first-order chi connectivity index (χ1) is 11.7. The third-order valence-electron chi connectivity index (χ3n) is 5.91. The summed E-state index contributed by atoms with van der Waals surface area (Å²) in [5, 5.41) is 0. The lowest BCUT2D eigenvalue weighted by Gasteiger charge is -2.40. The molecule has 3 aliphatic heterocycles. The molecule has 0 radical (unpaired) electrons. The zero-order chi connectivity index (χ0) is 16.4. The van der Waals surface area contributed by atoms with Crippen LogP contribution in [-0.2, 0) is 4.74 Å². The minimum atomic E-state index is 0.143. The molecule has 1 amide bonds. The summed E-state index contributed by atoms with van der Waals surface area (Å²) in [5.41, 5.74) is 1.02. The van der Waals surface area contributed by atoms with Crippen molar-refractivity contribution in [2.45, 2.75) is 25.7 Å². The fourth-order valence-corrected chi connectivity index (χ4v) is 4.66. The largest absolute Gasteiger partial charge is 0.381 e. The number of amides is 1. The van der Waals surface area contributed by atoms with Crippen LogP contribution in [0.15, 0.2) is 24.5 Å². The maximum absolute atomic E-state index is 12.8. The van der Waals surface area contributed by atoms with Gasteiger partial charge >= 0.3 is 0 Å². The fourth-order valence-electron chi connectivity index (χ4n) is 4.66. The predicted molar refractivity (Wildman–Crippen MR) is 91.8 cm³/mol. The molecule has 1 aromatic rings.